The number of nitrogens with two attached hydrogens (primary N) is 1. The van der Waals surface area contributed by atoms with Crippen LogP contribution >= 0.6 is 0 Å². The van der Waals surface area contributed by atoms with E-state index in [0.29, 0.717) is 23.3 Å². The minimum Gasteiger partial charge on any atom is -0.398 e. The minimum atomic E-state index is -3.44. The number of anilines is 2. The van der Waals surface area contributed by atoms with Crippen LogP contribution in [-0.4, -0.2) is 54.4 Å². The predicted molar refractivity (Wildman–Crippen MR) is 136 cm³/mol. The van der Waals surface area contributed by atoms with Crippen molar-refractivity contribution in [2.75, 3.05) is 30.0 Å². The van der Waals surface area contributed by atoms with Gasteiger partial charge in [0.2, 0.25) is 0 Å². The lowest BCUT2D eigenvalue weighted by molar-refractivity contribution is 0.432. The average Bonchev–Trinajstić information content (AvgIpc) is 3.22. The Kier molecular flexibility index (Phi) is 5.53. The van der Waals surface area contributed by atoms with E-state index in [1.807, 2.05) is 12.4 Å². The largest absolute Gasteiger partial charge is 0.398 e. The Labute approximate surface area is 199 Å². The molecule has 0 radical (unpaired) electrons. The Bertz CT molecular complexity index is 1450. The van der Waals surface area contributed by atoms with Gasteiger partial charge in [-0.25, -0.2) is 17.9 Å². The van der Waals surface area contributed by atoms with Gasteiger partial charge in [-0.05, 0) is 49.2 Å². The number of fused-ring (bicyclic) bond motifs is 1. The first-order chi connectivity index (χ1) is 16.2. The smallest absolute Gasteiger partial charge is 0.177 e. The maximum absolute atomic E-state index is 12.1. The molecule has 1 aliphatic rings. The lowest BCUT2D eigenvalue weighted by atomic mass is 10.0. The Morgan fingerprint density at radius 2 is 1.65 bits per heavy atom. The van der Waals surface area contributed by atoms with Gasteiger partial charge in [0.1, 0.15) is 0 Å². The second-order valence-corrected chi connectivity index (χ2v) is 11.0. The summed E-state index contributed by atoms with van der Waals surface area (Å²) in [6.45, 7) is 6.44. The third kappa shape index (κ3) is 4.01. The van der Waals surface area contributed by atoms with Crippen LogP contribution in [0.2, 0.25) is 0 Å². The van der Waals surface area contributed by atoms with Gasteiger partial charge in [-0.1, -0.05) is 18.2 Å². The van der Waals surface area contributed by atoms with Gasteiger partial charge >= 0.3 is 0 Å². The summed E-state index contributed by atoms with van der Waals surface area (Å²) in [4.78, 5) is 7.21. The number of aromatic nitrogens is 3. The molecule has 2 aromatic carbocycles. The molecular formula is C25H28N6O2S. The highest BCUT2D eigenvalue weighted by atomic mass is 32.2. The molecule has 9 heteroatoms. The molecule has 1 aliphatic heterocycles. The normalized spacial score (nSPS) is 19.0. The Morgan fingerprint density at radius 3 is 2.32 bits per heavy atom. The first-order valence-electron chi connectivity index (χ1n) is 11.2. The van der Waals surface area contributed by atoms with Crippen LogP contribution in [0.3, 0.4) is 0 Å². The molecule has 2 aromatic heterocycles. The Balaban J connectivity index is 1.47. The van der Waals surface area contributed by atoms with Crippen LogP contribution < -0.4 is 16.0 Å². The van der Waals surface area contributed by atoms with Gasteiger partial charge in [0.25, 0.3) is 0 Å². The minimum absolute atomic E-state index is 0.106. The topological polar surface area (TPSA) is 106 Å². The van der Waals surface area contributed by atoms with Gasteiger partial charge in [0.05, 0.1) is 16.8 Å². The zero-order valence-corrected chi connectivity index (χ0v) is 20.2. The zero-order chi connectivity index (χ0) is 24.0. The molecule has 0 spiro atoms. The van der Waals surface area contributed by atoms with Crippen LogP contribution in [0, 0.1) is 0 Å². The predicted octanol–water partition coefficient (Wildman–Crippen LogP) is 3.24. The van der Waals surface area contributed by atoms with E-state index in [1.165, 1.54) is 5.69 Å². The highest BCUT2D eigenvalue weighted by Crippen LogP contribution is 2.31. The molecule has 3 heterocycles. The molecule has 0 aliphatic carbocycles. The lowest BCUT2D eigenvalue weighted by Gasteiger charge is -2.41. The first kappa shape index (κ1) is 22.4. The van der Waals surface area contributed by atoms with E-state index in [0.717, 1.165) is 36.0 Å². The molecular weight excluding hydrogens is 448 g/mol. The van der Waals surface area contributed by atoms with Gasteiger partial charge in [-0.3, -0.25) is 0 Å². The molecule has 0 bridgehead atoms. The fourth-order valence-corrected chi connectivity index (χ4v) is 5.55. The summed E-state index contributed by atoms with van der Waals surface area (Å²) in [5, 5.41) is 7.93. The third-order valence-electron chi connectivity index (χ3n) is 6.41. The number of hydrogen-bond donors (Lipinski definition) is 2. The molecule has 3 N–H and O–H groups in total. The molecule has 176 valence electrons. The van der Waals surface area contributed by atoms with E-state index < -0.39 is 9.84 Å². The van der Waals surface area contributed by atoms with E-state index in [2.05, 4.69) is 58.4 Å². The quantitative estimate of drug-likeness (QED) is 0.436. The van der Waals surface area contributed by atoms with Crippen LogP contribution in [0.5, 0.6) is 0 Å². The summed E-state index contributed by atoms with van der Waals surface area (Å²) >= 11 is 0. The first-order valence-corrected chi connectivity index (χ1v) is 13.1. The fraction of sp³-hybridized carbons (Fsp3) is 0.280. The van der Waals surface area contributed by atoms with Crippen molar-refractivity contribution >= 4 is 26.9 Å². The van der Waals surface area contributed by atoms with Gasteiger partial charge in [0.15, 0.2) is 15.5 Å². The summed E-state index contributed by atoms with van der Waals surface area (Å²) in [7, 11) is -3.44. The maximum Gasteiger partial charge on any atom is 0.177 e. The number of hydrogen-bond acceptors (Lipinski definition) is 7. The van der Waals surface area contributed by atoms with E-state index in [4.69, 9.17) is 5.73 Å². The number of benzene rings is 2. The summed E-state index contributed by atoms with van der Waals surface area (Å²) < 4.78 is 25.9. The van der Waals surface area contributed by atoms with Gasteiger partial charge < -0.3 is 16.0 Å². The molecule has 1 fully saturated rings. The van der Waals surface area contributed by atoms with Crippen LogP contribution in [-0.2, 0) is 9.84 Å². The highest BCUT2D eigenvalue weighted by molar-refractivity contribution is 7.90. The molecule has 8 nitrogen and oxygen atoms in total. The third-order valence-corrected chi connectivity index (χ3v) is 7.56. The fourth-order valence-electron chi connectivity index (χ4n) is 4.72. The van der Waals surface area contributed by atoms with Crippen molar-refractivity contribution in [3.8, 4) is 22.3 Å². The number of sulfone groups is 1. The van der Waals surface area contributed by atoms with Crippen molar-refractivity contribution < 1.29 is 8.42 Å². The van der Waals surface area contributed by atoms with Gasteiger partial charge in [-0.2, -0.15) is 5.10 Å². The second-order valence-electron chi connectivity index (χ2n) is 9.00. The van der Waals surface area contributed by atoms with Crippen LogP contribution in [0.1, 0.15) is 13.8 Å². The molecule has 34 heavy (non-hydrogen) atoms. The monoisotopic (exact) mass is 476 g/mol. The van der Waals surface area contributed by atoms with Crippen LogP contribution in [0.25, 0.3) is 27.9 Å². The number of nitrogens with one attached hydrogen (secondary N) is 1. The standard InChI is InChI=1S/C25H28N6O2S/c1-16-11-27-12-17(2)31(16)21-7-4-18(5-8-21)20-13-28-25-22(14-29-30(25)15-20)19-6-9-23(26)24(10-19)34(3,32)33/h4-10,13-17,27H,11-12,26H2,1-3H3/t16-,17+. The van der Waals surface area contributed by atoms with Crippen LogP contribution in [0.4, 0.5) is 11.4 Å². The van der Waals surface area contributed by atoms with Crippen molar-refractivity contribution in [1.29, 1.82) is 0 Å². The Hall–Kier alpha value is -3.43. The lowest BCUT2D eigenvalue weighted by Crippen LogP contribution is -2.55. The van der Waals surface area contributed by atoms with E-state index >= 15 is 0 Å². The van der Waals surface area contributed by atoms with Crippen molar-refractivity contribution in [3.63, 3.8) is 0 Å². The number of rotatable bonds is 4. The number of nitrogens with zero attached hydrogens (tertiary/aromatic N) is 4. The number of nitrogen functional groups attached to an aromatic ring is 1. The van der Waals surface area contributed by atoms with Crippen molar-refractivity contribution in [2.45, 2.75) is 30.8 Å². The maximum atomic E-state index is 12.1. The van der Waals surface area contributed by atoms with Crippen molar-refractivity contribution in [3.05, 3.63) is 61.1 Å². The van der Waals surface area contributed by atoms with Crippen molar-refractivity contribution in [2.24, 2.45) is 0 Å². The summed E-state index contributed by atoms with van der Waals surface area (Å²) in [5.41, 5.74) is 11.4. The molecule has 0 unspecified atom stereocenters. The molecule has 2 atom stereocenters. The van der Waals surface area contributed by atoms with E-state index in [-0.39, 0.29) is 10.6 Å². The summed E-state index contributed by atoms with van der Waals surface area (Å²) in [6, 6.07) is 14.4. The molecule has 0 amide bonds. The highest BCUT2D eigenvalue weighted by Gasteiger charge is 2.24. The second kappa shape index (κ2) is 8.41. The van der Waals surface area contributed by atoms with E-state index in [9.17, 15) is 8.42 Å². The van der Waals surface area contributed by atoms with Gasteiger partial charge in [0, 0.05) is 60.6 Å². The average molecular weight is 477 g/mol. The van der Waals surface area contributed by atoms with E-state index in [1.54, 1.807) is 28.9 Å². The summed E-state index contributed by atoms with van der Waals surface area (Å²) in [6.07, 6.45) is 6.60. The Morgan fingerprint density at radius 1 is 0.971 bits per heavy atom. The van der Waals surface area contributed by atoms with Crippen LogP contribution in [0.15, 0.2) is 66.0 Å². The SMILES string of the molecule is C[C@@H]1CNC[C@H](C)N1c1ccc(-c2cnc3c(-c4ccc(N)c(S(C)(=O)=O)c4)cnn3c2)cc1. The number of piperazine rings is 1. The van der Waals surface area contributed by atoms with Gasteiger partial charge in [-0.15, -0.1) is 0 Å². The molecule has 0 saturated carbocycles. The summed E-state index contributed by atoms with van der Waals surface area (Å²) in [5.74, 6) is 0. The molecule has 5 rings (SSSR count). The molecule has 4 aromatic rings. The van der Waals surface area contributed by atoms with Crippen molar-refractivity contribution in [1.82, 2.24) is 19.9 Å². The zero-order valence-electron chi connectivity index (χ0n) is 19.4. The molecule has 1 saturated heterocycles.